The molecule has 1 saturated heterocycles. The predicted molar refractivity (Wildman–Crippen MR) is 172 cm³/mol. The molecule has 42 heavy (non-hydrogen) atoms. The van der Waals surface area contributed by atoms with Gasteiger partial charge in [0.25, 0.3) is 11.5 Å². The minimum Gasteiger partial charge on any atom is -0.336 e. The second kappa shape index (κ2) is 12.3. The molecule has 0 unspecified atom stereocenters. The zero-order valence-corrected chi connectivity index (χ0v) is 25.3. The van der Waals surface area contributed by atoms with Crippen LogP contribution in [0.2, 0.25) is 0 Å². The zero-order chi connectivity index (χ0) is 29.9. The number of hydrogen-bond acceptors (Lipinski definition) is 5. The molecule has 2 N–H and O–H groups in total. The Morgan fingerprint density at radius 3 is 2.38 bits per heavy atom. The number of hydrogen-bond donors (Lipinski definition) is 2. The largest absolute Gasteiger partial charge is 0.336 e. The highest BCUT2D eigenvalue weighted by molar-refractivity contribution is 6.05. The molecule has 1 aliphatic heterocycles. The van der Waals surface area contributed by atoms with Crippen molar-refractivity contribution in [2.24, 2.45) is 7.05 Å². The lowest BCUT2D eigenvalue weighted by atomic mass is 9.86. The number of aryl methyl sites for hydroxylation is 1. The number of piperidine rings is 1. The zero-order valence-electron chi connectivity index (χ0n) is 25.3. The second-order valence-electron chi connectivity index (χ2n) is 12.3. The van der Waals surface area contributed by atoms with E-state index in [4.69, 9.17) is 4.98 Å². The molecule has 1 amide bonds. The predicted octanol–water partition coefficient (Wildman–Crippen LogP) is 7.04. The summed E-state index contributed by atoms with van der Waals surface area (Å²) in [5.74, 6) is 0.0915. The first-order chi connectivity index (χ1) is 20.1. The number of nitrogens with zero attached hydrogens (tertiary/aromatic N) is 3. The molecule has 2 heterocycles. The van der Waals surface area contributed by atoms with Gasteiger partial charge in [-0.25, -0.2) is 4.98 Å². The van der Waals surface area contributed by atoms with Crippen LogP contribution in [0, 0.1) is 6.92 Å². The lowest BCUT2D eigenvalue weighted by Gasteiger charge is -2.26. The van der Waals surface area contributed by atoms with Crippen molar-refractivity contribution in [3.8, 4) is 11.3 Å². The average Bonchev–Trinajstić information content (AvgIpc) is 2.97. The summed E-state index contributed by atoms with van der Waals surface area (Å²) in [6, 6.07) is 21.7. The molecular formula is C35H41N5O2. The summed E-state index contributed by atoms with van der Waals surface area (Å²) in [4.78, 5) is 33.4. The SMILES string of the molecule is Cc1c(NC(=O)c2ccc(C(C)(C)C)cc2)cccc1-c1cn(C)c(=O)c(Nc2cccc(CN3CCCCC3)c2)n1. The van der Waals surface area contributed by atoms with E-state index < -0.39 is 0 Å². The smallest absolute Gasteiger partial charge is 0.293 e. The van der Waals surface area contributed by atoms with E-state index in [9.17, 15) is 9.59 Å². The Labute approximate surface area is 248 Å². The van der Waals surface area contributed by atoms with Crippen LogP contribution in [0.1, 0.15) is 67.1 Å². The Kier molecular flexibility index (Phi) is 8.59. The fraction of sp³-hybridized carbons (Fsp3) is 0.343. The third-order valence-corrected chi connectivity index (χ3v) is 7.99. The number of benzene rings is 3. The standard InChI is InChI=1S/C35H41N5O2/c1-24-29(13-10-14-30(24)38-33(41)26-15-17-27(18-16-26)35(2,3)4)31-23-39(5)34(42)32(37-31)36-28-12-9-11-25(21-28)22-40-19-7-6-8-20-40/h9-18,21,23H,6-8,19-20,22H2,1-5H3,(H,36,37)(H,38,41). The minimum atomic E-state index is -0.207. The summed E-state index contributed by atoms with van der Waals surface area (Å²) in [7, 11) is 1.73. The van der Waals surface area contributed by atoms with E-state index >= 15 is 0 Å². The van der Waals surface area contributed by atoms with Crippen molar-refractivity contribution in [2.45, 2.75) is 58.9 Å². The van der Waals surface area contributed by atoms with E-state index in [1.54, 1.807) is 17.8 Å². The van der Waals surface area contributed by atoms with Crippen LogP contribution in [0.3, 0.4) is 0 Å². The summed E-state index contributed by atoms with van der Waals surface area (Å²) in [5, 5.41) is 6.33. The van der Waals surface area contributed by atoms with Crippen LogP contribution < -0.4 is 16.2 Å². The van der Waals surface area contributed by atoms with Crippen molar-refractivity contribution < 1.29 is 4.79 Å². The van der Waals surface area contributed by atoms with Crippen LogP contribution in [0.4, 0.5) is 17.2 Å². The molecule has 7 nitrogen and oxygen atoms in total. The van der Waals surface area contributed by atoms with Gasteiger partial charge in [0, 0.05) is 42.3 Å². The maximum atomic E-state index is 13.1. The highest BCUT2D eigenvalue weighted by atomic mass is 16.1. The van der Waals surface area contributed by atoms with Crippen LogP contribution in [-0.2, 0) is 19.0 Å². The average molecular weight is 564 g/mol. The maximum Gasteiger partial charge on any atom is 0.293 e. The van der Waals surface area contributed by atoms with Crippen LogP contribution >= 0.6 is 0 Å². The van der Waals surface area contributed by atoms with Crippen LogP contribution in [-0.4, -0.2) is 33.4 Å². The molecule has 5 rings (SSSR count). The van der Waals surface area contributed by atoms with E-state index in [-0.39, 0.29) is 22.7 Å². The summed E-state index contributed by atoms with van der Waals surface area (Å²) >= 11 is 0. The summed E-state index contributed by atoms with van der Waals surface area (Å²) in [6.07, 6.45) is 5.54. The van der Waals surface area contributed by atoms with Crippen molar-refractivity contribution >= 4 is 23.1 Å². The monoisotopic (exact) mass is 563 g/mol. The van der Waals surface area contributed by atoms with Gasteiger partial charge < -0.3 is 15.2 Å². The minimum absolute atomic E-state index is 0.0201. The van der Waals surface area contributed by atoms with Crippen molar-refractivity contribution in [2.75, 3.05) is 23.7 Å². The topological polar surface area (TPSA) is 79.3 Å². The Morgan fingerprint density at radius 2 is 1.67 bits per heavy atom. The van der Waals surface area contributed by atoms with Gasteiger partial charge in [-0.2, -0.15) is 0 Å². The molecule has 0 saturated carbocycles. The van der Waals surface area contributed by atoms with E-state index in [2.05, 4.69) is 48.4 Å². The molecule has 1 aromatic heterocycles. The Balaban J connectivity index is 1.37. The number of nitrogens with one attached hydrogen (secondary N) is 2. The summed E-state index contributed by atoms with van der Waals surface area (Å²) < 4.78 is 1.55. The molecule has 3 aromatic carbocycles. The maximum absolute atomic E-state index is 13.1. The quantitative estimate of drug-likeness (QED) is 0.252. The first kappa shape index (κ1) is 29.3. The van der Waals surface area contributed by atoms with Gasteiger partial charge in [-0.15, -0.1) is 0 Å². The third kappa shape index (κ3) is 6.80. The first-order valence-corrected chi connectivity index (χ1v) is 14.8. The van der Waals surface area contributed by atoms with E-state index in [0.29, 0.717) is 16.9 Å². The first-order valence-electron chi connectivity index (χ1n) is 14.8. The van der Waals surface area contributed by atoms with Gasteiger partial charge in [0.2, 0.25) is 0 Å². The molecular weight excluding hydrogens is 522 g/mol. The molecule has 1 aliphatic rings. The molecule has 4 aromatic rings. The summed E-state index contributed by atoms with van der Waals surface area (Å²) in [5.41, 5.74) is 6.70. The lowest BCUT2D eigenvalue weighted by molar-refractivity contribution is 0.102. The Morgan fingerprint density at radius 1 is 0.952 bits per heavy atom. The Hall–Kier alpha value is -4.23. The molecule has 0 radical (unpaired) electrons. The second-order valence-corrected chi connectivity index (χ2v) is 12.3. The van der Waals surface area contributed by atoms with Gasteiger partial charge in [-0.1, -0.05) is 63.6 Å². The Bertz CT molecular complexity index is 1630. The van der Waals surface area contributed by atoms with Crippen molar-refractivity contribution in [1.82, 2.24) is 14.5 Å². The van der Waals surface area contributed by atoms with Crippen molar-refractivity contribution in [3.63, 3.8) is 0 Å². The number of likely N-dealkylation sites (tertiary alicyclic amines) is 1. The molecule has 1 fully saturated rings. The summed E-state index contributed by atoms with van der Waals surface area (Å²) in [6.45, 7) is 11.6. The molecule has 7 heteroatoms. The molecule has 0 spiro atoms. The van der Waals surface area contributed by atoms with Gasteiger partial charge >= 0.3 is 0 Å². The van der Waals surface area contributed by atoms with E-state index in [0.717, 1.165) is 36.4 Å². The number of carbonyl (C=O) groups excluding carboxylic acids is 1. The molecule has 0 atom stereocenters. The van der Waals surface area contributed by atoms with Crippen molar-refractivity contribution in [3.05, 3.63) is 106 Å². The fourth-order valence-electron chi connectivity index (χ4n) is 5.44. The van der Waals surface area contributed by atoms with Crippen LogP contribution in [0.5, 0.6) is 0 Å². The number of aromatic nitrogens is 2. The van der Waals surface area contributed by atoms with Gasteiger partial charge in [0.05, 0.1) is 5.69 Å². The van der Waals surface area contributed by atoms with Gasteiger partial charge in [0.15, 0.2) is 5.82 Å². The molecule has 0 aliphatic carbocycles. The lowest BCUT2D eigenvalue weighted by Crippen LogP contribution is -2.29. The molecule has 0 bridgehead atoms. The number of anilines is 3. The fourth-order valence-corrected chi connectivity index (χ4v) is 5.44. The van der Waals surface area contributed by atoms with E-state index in [1.165, 1.54) is 30.4 Å². The van der Waals surface area contributed by atoms with Crippen molar-refractivity contribution in [1.29, 1.82) is 0 Å². The van der Waals surface area contributed by atoms with Gasteiger partial charge in [0.1, 0.15) is 0 Å². The normalized spacial score (nSPS) is 14.0. The highest BCUT2D eigenvalue weighted by Crippen LogP contribution is 2.29. The number of amides is 1. The molecule has 218 valence electrons. The van der Waals surface area contributed by atoms with Gasteiger partial charge in [-0.05, 0) is 85.3 Å². The van der Waals surface area contributed by atoms with Crippen LogP contribution in [0.25, 0.3) is 11.3 Å². The number of carbonyl (C=O) groups is 1. The van der Waals surface area contributed by atoms with Crippen LogP contribution in [0.15, 0.2) is 77.7 Å². The number of rotatable bonds is 7. The van der Waals surface area contributed by atoms with E-state index in [1.807, 2.05) is 61.5 Å². The third-order valence-electron chi connectivity index (χ3n) is 7.99. The highest BCUT2D eigenvalue weighted by Gasteiger charge is 2.17. The van der Waals surface area contributed by atoms with Gasteiger partial charge in [-0.3, -0.25) is 14.5 Å².